The van der Waals surface area contributed by atoms with Crippen LogP contribution in [0.1, 0.15) is 31.4 Å². The number of benzene rings is 1. The Labute approximate surface area is 101 Å². The summed E-state index contributed by atoms with van der Waals surface area (Å²) in [5.41, 5.74) is -1.72. The van der Waals surface area contributed by atoms with Gasteiger partial charge in [-0.05, 0) is 37.5 Å². The molecule has 0 saturated heterocycles. The van der Waals surface area contributed by atoms with E-state index in [2.05, 4.69) is 5.32 Å². The van der Waals surface area contributed by atoms with Crippen LogP contribution >= 0.6 is 0 Å². The van der Waals surface area contributed by atoms with Crippen LogP contribution in [-0.2, 0) is 0 Å². The van der Waals surface area contributed by atoms with Gasteiger partial charge in [-0.1, -0.05) is 0 Å². The van der Waals surface area contributed by atoms with E-state index in [-0.39, 0.29) is 18.4 Å². The van der Waals surface area contributed by atoms with Gasteiger partial charge in [-0.15, -0.1) is 0 Å². The van der Waals surface area contributed by atoms with Crippen LogP contribution in [0.5, 0.6) is 0 Å². The van der Waals surface area contributed by atoms with Gasteiger partial charge in [-0.3, -0.25) is 5.32 Å². The number of alkyl halides is 3. The van der Waals surface area contributed by atoms with E-state index in [9.17, 15) is 22.0 Å². The SMILES string of the molecule is CC(NC1(C(F)(F)F)CC1)c1cc(F)cc(F)c1. The third kappa shape index (κ3) is 2.48. The van der Waals surface area contributed by atoms with Crippen LogP contribution in [0.4, 0.5) is 22.0 Å². The molecule has 18 heavy (non-hydrogen) atoms. The lowest BCUT2D eigenvalue weighted by molar-refractivity contribution is -0.167. The van der Waals surface area contributed by atoms with Crippen LogP contribution in [0, 0.1) is 11.6 Å². The largest absolute Gasteiger partial charge is 0.406 e. The van der Waals surface area contributed by atoms with Crippen molar-refractivity contribution in [1.82, 2.24) is 5.32 Å². The summed E-state index contributed by atoms with van der Waals surface area (Å²) in [5, 5.41) is 2.42. The van der Waals surface area contributed by atoms with E-state index in [1.807, 2.05) is 0 Å². The van der Waals surface area contributed by atoms with Crippen molar-refractivity contribution in [3.8, 4) is 0 Å². The first-order valence-electron chi connectivity index (χ1n) is 5.54. The summed E-state index contributed by atoms with van der Waals surface area (Å²) in [5.74, 6) is -1.59. The predicted molar refractivity (Wildman–Crippen MR) is 55.9 cm³/mol. The molecule has 1 aliphatic carbocycles. The van der Waals surface area contributed by atoms with E-state index in [1.165, 1.54) is 6.92 Å². The fourth-order valence-corrected chi connectivity index (χ4v) is 1.96. The Morgan fingerprint density at radius 1 is 1.11 bits per heavy atom. The van der Waals surface area contributed by atoms with Crippen molar-refractivity contribution < 1.29 is 22.0 Å². The van der Waals surface area contributed by atoms with Crippen molar-refractivity contribution in [3.05, 3.63) is 35.4 Å². The van der Waals surface area contributed by atoms with Gasteiger partial charge in [0.15, 0.2) is 0 Å². The zero-order chi connectivity index (χ0) is 13.6. The molecule has 0 aliphatic heterocycles. The molecule has 1 saturated carbocycles. The quantitative estimate of drug-likeness (QED) is 0.821. The molecule has 0 amide bonds. The number of hydrogen-bond acceptors (Lipinski definition) is 1. The maximum atomic E-state index is 13.0. The standard InChI is InChI=1S/C12H12F5N/c1-7(8-4-9(13)6-10(14)5-8)18-11(2-3-11)12(15,16)17/h4-7,18H,2-3H2,1H3. The second-order valence-electron chi connectivity index (χ2n) is 4.65. The molecule has 1 aliphatic rings. The Hall–Kier alpha value is -1.17. The third-order valence-corrected chi connectivity index (χ3v) is 3.17. The molecule has 1 aromatic rings. The van der Waals surface area contributed by atoms with Crippen LogP contribution in [-0.4, -0.2) is 11.7 Å². The minimum absolute atomic E-state index is 0.00135. The van der Waals surface area contributed by atoms with Crippen molar-refractivity contribution in [2.24, 2.45) is 0 Å². The summed E-state index contributed by atoms with van der Waals surface area (Å²) in [6, 6.07) is 1.99. The fraction of sp³-hybridized carbons (Fsp3) is 0.500. The van der Waals surface area contributed by atoms with Crippen molar-refractivity contribution in [1.29, 1.82) is 0 Å². The van der Waals surface area contributed by atoms with Crippen molar-refractivity contribution in [3.63, 3.8) is 0 Å². The number of halogens is 5. The maximum Gasteiger partial charge on any atom is 0.406 e. The van der Waals surface area contributed by atoms with Gasteiger partial charge in [0, 0.05) is 12.1 Å². The molecule has 1 fully saturated rings. The number of nitrogens with one attached hydrogen (secondary N) is 1. The van der Waals surface area contributed by atoms with E-state index in [1.54, 1.807) is 0 Å². The normalized spacial score (nSPS) is 19.7. The third-order valence-electron chi connectivity index (χ3n) is 3.17. The van der Waals surface area contributed by atoms with Gasteiger partial charge < -0.3 is 0 Å². The molecule has 2 rings (SSSR count). The molecular weight excluding hydrogens is 253 g/mol. The average molecular weight is 265 g/mol. The average Bonchev–Trinajstić information content (AvgIpc) is 2.96. The highest BCUT2D eigenvalue weighted by Crippen LogP contribution is 2.50. The van der Waals surface area contributed by atoms with Gasteiger partial charge in [0.05, 0.1) is 0 Å². The van der Waals surface area contributed by atoms with Crippen molar-refractivity contribution in [2.45, 2.75) is 37.5 Å². The fourth-order valence-electron chi connectivity index (χ4n) is 1.96. The lowest BCUT2D eigenvalue weighted by Crippen LogP contribution is -2.45. The summed E-state index contributed by atoms with van der Waals surface area (Å²) in [6.07, 6.45) is -4.34. The predicted octanol–water partition coefficient (Wildman–Crippen LogP) is 3.71. The van der Waals surface area contributed by atoms with Crippen LogP contribution in [0.2, 0.25) is 0 Å². The highest BCUT2D eigenvalue weighted by molar-refractivity contribution is 5.23. The van der Waals surface area contributed by atoms with E-state index >= 15 is 0 Å². The van der Waals surface area contributed by atoms with Gasteiger partial charge in [-0.25, -0.2) is 8.78 Å². The molecule has 0 aromatic heterocycles. The van der Waals surface area contributed by atoms with Crippen LogP contribution in [0.25, 0.3) is 0 Å². The van der Waals surface area contributed by atoms with Crippen molar-refractivity contribution >= 4 is 0 Å². The second kappa shape index (κ2) is 4.19. The molecule has 0 radical (unpaired) electrons. The topological polar surface area (TPSA) is 12.0 Å². The second-order valence-corrected chi connectivity index (χ2v) is 4.65. The monoisotopic (exact) mass is 265 g/mol. The maximum absolute atomic E-state index is 13.0. The van der Waals surface area contributed by atoms with Gasteiger partial charge >= 0.3 is 6.18 Å². The Bertz CT molecular complexity index is 430. The Kier molecular flexibility index (Phi) is 3.09. The highest BCUT2D eigenvalue weighted by Gasteiger charge is 2.63. The summed E-state index contributed by atoms with van der Waals surface area (Å²) >= 11 is 0. The Morgan fingerprint density at radius 3 is 2.00 bits per heavy atom. The molecule has 100 valence electrons. The van der Waals surface area contributed by atoms with Crippen LogP contribution < -0.4 is 5.32 Å². The summed E-state index contributed by atoms with van der Waals surface area (Å²) < 4.78 is 64.1. The smallest absolute Gasteiger partial charge is 0.297 e. The van der Waals surface area contributed by atoms with Gasteiger partial charge in [-0.2, -0.15) is 13.2 Å². The first-order valence-corrected chi connectivity index (χ1v) is 5.54. The Balaban J connectivity index is 2.15. The van der Waals surface area contributed by atoms with E-state index in [4.69, 9.17) is 0 Å². The number of hydrogen-bond donors (Lipinski definition) is 1. The van der Waals surface area contributed by atoms with E-state index in [0.29, 0.717) is 6.07 Å². The molecule has 0 heterocycles. The first-order chi connectivity index (χ1) is 8.23. The van der Waals surface area contributed by atoms with Crippen LogP contribution in [0.3, 0.4) is 0 Å². The first kappa shape index (κ1) is 13.3. The molecule has 0 spiro atoms. The number of rotatable bonds is 3. The molecule has 1 N–H and O–H groups in total. The van der Waals surface area contributed by atoms with Crippen LogP contribution in [0.15, 0.2) is 18.2 Å². The van der Waals surface area contributed by atoms with Gasteiger partial charge in [0.1, 0.15) is 17.2 Å². The molecule has 1 aromatic carbocycles. The molecule has 0 bridgehead atoms. The molecule has 1 unspecified atom stereocenters. The van der Waals surface area contributed by atoms with Crippen molar-refractivity contribution in [2.75, 3.05) is 0 Å². The highest BCUT2D eigenvalue weighted by atomic mass is 19.4. The molecular formula is C12H12F5N. The zero-order valence-electron chi connectivity index (χ0n) is 9.61. The summed E-state index contributed by atoms with van der Waals surface area (Å²) in [7, 11) is 0. The zero-order valence-corrected chi connectivity index (χ0v) is 9.61. The Morgan fingerprint density at radius 2 is 1.61 bits per heavy atom. The molecule has 1 atom stereocenters. The van der Waals surface area contributed by atoms with Gasteiger partial charge in [0.25, 0.3) is 0 Å². The molecule has 1 nitrogen and oxygen atoms in total. The molecule has 6 heteroatoms. The summed E-state index contributed by atoms with van der Waals surface area (Å²) in [6.45, 7) is 1.46. The summed E-state index contributed by atoms with van der Waals surface area (Å²) in [4.78, 5) is 0. The minimum atomic E-state index is -4.34. The lowest BCUT2D eigenvalue weighted by Gasteiger charge is -2.25. The van der Waals surface area contributed by atoms with E-state index < -0.39 is 29.4 Å². The van der Waals surface area contributed by atoms with E-state index in [0.717, 1.165) is 12.1 Å². The minimum Gasteiger partial charge on any atom is -0.297 e. The lowest BCUT2D eigenvalue weighted by atomic mass is 10.1. The van der Waals surface area contributed by atoms with Gasteiger partial charge in [0.2, 0.25) is 0 Å².